The van der Waals surface area contributed by atoms with E-state index < -0.39 is 6.10 Å². The summed E-state index contributed by atoms with van der Waals surface area (Å²) in [7, 11) is 0. The minimum Gasteiger partial charge on any atom is -0.384 e. The van der Waals surface area contributed by atoms with Crippen LogP contribution in [0, 0.1) is 13.8 Å². The van der Waals surface area contributed by atoms with Crippen LogP contribution in [0.1, 0.15) is 27.7 Å². The van der Waals surface area contributed by atoms with E-state index in [-0.39, 0.29) is 0 Å². The second-order valence-electron chi connectivity index (χ2n) is 3.81. The Labute approximate surface area is 94.0 Å². The molecule has 0 aliphatic carbocycles. The van der Waals surface area contributed by atoms with Gasteiger partial charge in [0.2, 0.25) is 0 Å². The van der Waals surface area contributed by atoms with Crippen LogP contribution in [0.3, 0.4) is 0 Å². The van der Waals surface area contributed by atoms with Crippen molar-refractivity contribution in [3.8, 4) is 0 Å². The first kappa shape index (κ1) is 10.4. The fraction of sp³-hybridized carbons (Fsp3) is 0.231. The molecule has 0 fully saturated rings. The van der Waals surface area contributed by atoms with Gasteiger partial charge in [0, 0.05) is 4.88 Å². The number of hydrogen-bond acceptors (Lipinski definition) is 2. The van der Waals surface area contributed by atoms with E-state index in [4.69, 9.17) is 0 Å². The van der Waals surface area contributed by atoms with Crippen LogP contribution in [-0.2, 0) is 0 Å². The summed E-state index contributed by atoms with van der Waals surface area (Å²) in [5.41, 5.74) is 3.13. The Balaban J connectivity index is 2.32. The Bertz CT molecular complexity index is 459. The van der Waals surface area contributed by atoms with E-state index in [1.807, 2.05) is 42.6 Å². The summed E-state index contributed by atoms with van der Waals surface area (Å²) >= 11 is 1.67. The number of thiophene rings is 1. The Morgan fingerprint density at radius 3 is 2.53 bits per heavy atom. The molecule has 0 spiro atoms. The maximum absolute atomic E-state index is 10.1. The smallest absolute Gasteiger partial charge is 0.105 e. The van der Waals surface area contributed by atoms with E-state index in [9.17, 15) is 5.11 Å². The second kappa shape index (κ2) is 4.17. The quantitative estimate of drug-likeness (QED) is 0.818. The summed E-state index contributed by atoms with van der Waals surface area (Å²) in [4.78, 5) is 1.23. The van der Waals surface area contributed by atoms with Gasteiger partial charge in [-0.2, -0.15) is 0 Å². The van der Waals surface area contributed by atoms with Crippen molar-refractivity contribution in [3.05, 3.63) is 57.3 Å². The van der Waals surface area contributed by atoms with Gasteiger partial charge < -0.3 is 5.11 Å². The number of hydrogen-bond donors (Lipinski definition) is 1. The molecule has 2 aromatic rings. The van der Waals surface area contributed by atoms with Gasteiger partial charge in [0.05, 0.1) is 0 Å². The minimum atomic E-state index is -0.491. The van der Waals surface area contributed by atoms with Gasteiger partial charge in [-0.3, -0.25) is 0 Å². The number of benzene rings is 1. The van der Waals surface area contributed by atoms with Crippen molar-refractivity contribution in [2.24, 2.45) is 0 Å². The second-order valence-corrected chi connectivity index (χ2v) is 4.92. The molecule has 1 aromatic carbocycles. The van der Waals surface area contributed by atoms with Crippen LogP contribution in [0.4, 0.5) is 0 Å². The topological polar surface area (TPSA) is 20.2 Å². The molecule has 78 valence electrons. The van der Waals surface area contributed by atoms with E-state index in [0.717, 1.165) is 11.1 Å². The van der Waals surface area contributed by atoms with E-state index in [1.54, 1.807) is 11.3 Å². The summed E-state index contributed by atoms with van der Waals surface area (Å²) < 4.78 is 0. The Morgan fingerprint density at radius 2 is 1.93 bits per heavy atom. The van der Waals surface area contributed by atoms with Crippen LogP contribution in [0.15, 0.2) is 35.7 Å². The van der Waals surface area contributed by atoms with Crippen molar-refractivity contribution in [1.29, 1.82) is 0 Å². The van der Waals surface area contributed by atoms with Crippen molar-refractivity contribution in [1.82, 2.24) is 0 Å². The summed E-state index contributed by atoms with van der Waals surface area (Å²) in [5, 5.41) is 12.2. The largest absolute Gasteiger partial charge is 0.384 e. The van der Waals surface area contributed by atoms with Crippen LogP contribution >= 0.6 is 11.3 Å². The first-order valence-corrected chi connectivity index (χ1v) is 5.84. The molecule has 1 nitrogen and oxygen atoms in total. The first-order valence-electron chi connectivity index (χ1n) is 4.96. The lowest BCUT2D eigenvalue weighted by Gasteiger charge is -2.09. The average molecular weight is 218 g/mol. The SMILES string of the molecule is Cc1cccc(C(O)c2csc(C)c2)c1. The van der Waals surface area contributed by atoms with Crippen molar-refractivity contribution in [2.75, 3.05) is 0 Å². The molecular formula is C13H14OS. The molecule has 15 heavy (non-hydrogen) atoms. The molecule has 0 saturated heterocycles. The maximum atomic E-state index is 10.1. The predicted octanol–water partition coefficient (Wildman–Crippen LogP) is 3.45. The van der Waals surface area contributed by atoms with Crippen molar-refractivity contribution in [3.63, 3.8) is 0 Å². The summed E-state index contributed by atoms with van der Waals surface area (Å²) in [6.45, 7) is 4.09. The third kappa shape index (κ3) is 2.28. The summed E-state index contributed by atoms with van der Waals surface area (Å²) in [6, 6.07) is 10.0. The Hall–Kier alpha value is -1.12. The van der Waals surface area contributed by atoms with E-state index in [0.29, 0.717) is 0 Å². The fourth-order valence-electron chi connectivity index (χ4n) is 1.64. The van der Waals surface area contributed by atoms with E-state index in [2.05, 4.69) is 6.92 Å². The third-order valence-corrected chi connectivity index (χ3v) is 3.30. The highest BCUT2D eigenvalue weighted by Crippen LogP contribution is 2.26. The lowest BCUT2D eigenvalue weighted by atomic mass is 10.0. The van der Waals surface area contributed by atoms with Gasteiger partial charge in [-0.05, 0) is 36.4 Å². The molecule has 1 heterocycles. The standard InChI is InChI=1S/C13H14OS/c1-9-4-3-5-11(6-9)13(14)12-7-10(2)15-8-12/h3-8,13-14H,1-2H3. The fourth-order valence-corrected chi connectivity index (χ4v) is 2.36. The highest BCUT2D eigenvalue weighted by atomic mass is 32.1. The van der Waals surface area contributed by atoms with E-state index >= 15 is 0 Å². The van der Waals surface area contributed by atoms with Crippen molar-refractivity contribution < 1.29 is 5.11 Å². The molecule has 0 aliphatic heterocycles. The minimum absolute atomic E-state index is 0.491. The number of aryl methyl sites for hydroxylation is 2. The van der Waals surface area contributed by atoms with Crippen molar-refractivity contribution >= 4 is 11.3 Å². The van der Waals surface area contributed by atoms with Gasteiger partial charge in [-0.1, -0.05) is 29.8 Å². The lowest BCUT2D eigenvalue weighted by molar-refractivity contribution is 0.220. The van der Waals surface area contributed by atoms with Gasteiger partial charge in [0.15, 0.2) is 0 Å². The normalized spacial score (nSPS) is 12.7. The molecule has 0 bridgehead atoms. The molecular weight excluding hydrogens is 204 g/mol. The number of rotatable bonds is 2. The van der Waals surface area contributed by atoms with Gasteiger partial charge >= 0.3 is 0 Å². The predicted molar refractivity (Wildman–Crippen MR) is 64.3 cm³/mol. The van der Waals surface area contributed by atoms with Gasteiger partial charge in [0.25, 0.3) is 0 Å². The van der Waals surface area contributed by atoms with Crippen LogP contribution in [0.25, 0.3) is 0 Å². The summed E-state index contributed by atoms with van der Waals surface area (Å²) in [5.74, 6) is 0. The first-order chi connectivity index (χ1) is 7.16. The average Bonchev–Trinajstić information content (AvgIpc) is 2.64. The van der Waals surface area contributed by atoms with Crippen LogP contribution in [0.2, 0.25) is 0 Å². The molecule has 0 amide bonds. The van der Waals surface area contributed by atoms with Crippen LogP contribution in [0.5, 0.6) is 0 Å². The van der Waals surface area contributed by atoms with Gasteiger partial charge in [-0.15, -0.1) is 11.3 Å². The van der Waals surface area contributed by atoms with Crippen LogP contribution < -0.4 is 0 Å². The zero-order chi connectivity index (χ0) is 10.8. The molecule has 1 atom stereocenters. The molecule has 2 rings (SSSR count). The van der Waals surface area contributed by atoms with Gasteiger partial charge in [-0.25, -0.2) is 0 Å². The Morgan fingerprint density at radius 1 is 1.13 bits per heavy atom. The van der Waals surface area contributed by atoms with Crippen molar-refractivity contribution in [2.45, 2.75) is 20.0 Å². The van der Waals surface area contributed by atoms with E-state index in [1.165, 1.54) is 10.4 Å². The number of aliphatic hydroxyl groups is 1. The Kier molecular flexibility index (Phi) is 2.89. The molecule has 1 unspecified atom stereocenters. The molecule has 0 aliphatic rings. The summed E-state index contributed by atoms with van der Waals surface area (Å²) in [6.07, 6.45) is -0.491. The maximum Gasteiger partial charge on any atom is 0.105 e. The zero-order valence-corrected chi connectivity index (χ0v) is 9.71. The molecule has 0 radical (unpaired) electrons. The van der Waals surface area contributed by atoms with Gasteiger partial charge in [0.1, 0.15) is 6.10 Å². The zero-order valence-electron chi connectivity index (χ0n) is 8.90. The lowest BCUT2D eigenvalue weighted by Crippen LogP contribution is -1.97. The number of aliphatic hydroxyl groups excluding tert-OH is 1. The molecule has 2 heteroatoms. The third-order valence-electron chi connectivity index (χ3n) is 2.42. The molecule has 1 N–H and O–H groups in total. The highest BCUT2D eigenvalue weighted by Gasteiger charge is 2.11. The monoisotopic (exact) mass is 218 g/mol. The van der Waals surface area contributed by atoms with Crippen LogP contribution in [-0.4, -0.2) is 5.11 Å². The molecule has 1 aromatic heterocycles. The highest BCUT2D eigenvalue weighted by molar-refractivity contribution is 7.10. The molecule has 0 saturated carbocycles.